The summed E-state index contributed by atoms with van der Waals surface area (Å²) >= 11 is 9.18. The molecule has 2 N–H and O–H groups in total. The Balaban J connectivity index is 1.82. The van der Waals surface area contributed by atoms with Gasteiger partial charge in [0.2, 0.25) is 0 Å². The molecule has 0 aliphatic heterocycles. The molecule has 0 aliphatic rings. The number of pyridine rings is 1. The summed E-state index contributed by atoms with van der Waals surface area (Å²) in [6, 6.07) is 8.03. The number of nitrogens with zero attached hydrogens (tertiary/aromatic N) is 2. The number of benzene rings is 1. The Morgan fingerprint density at radius 3 is 2.80 bits per heavy atom. The maximum atomic E-state index is 13.0. The Morgan fingerprint density at radius 2 is 2.13 bits per heavy atom. The number of fused-ring (bicyclic) bond motifs is 1. The van der Waals surface area contributed by atoms with Gasteiger partial charge >= 0.3 is 5.51 Å². The lowest BCUT2D eigenvalue weighted by atomic mass is 10.2. The Morgan fingerprint density at radius 1 is 1.37 bits per heavy atom. The van der Waals surface area contributed by atoms with Gasteiger partial charge in [-0.1, -0.05) is 17.5 Å². The number of thioether (sulfide) groups is 1. The molecule has 156 valence electrons. The summed E-state index contributed by atoms with van der Waals surface area (Å²) in [5, 5.41) is 5.68. The van der Waals surface area contributed by atoms with Gasteiger partial charge in [0, 0.05) is 30.6 Å². The van der Waals surface area contributed by atoms with E-state index < -0.39 is 5.51 Å². The second kappa shape index (κ2) is 9.20. The van der Waals surface area contributed by atoms with Crippen LogP contribution in [0.1, 0.15) is 16.1 Å². The molecule has 1 aromatic carbocycles. The zero-order valence-electron chi connectivity index (χ0n) is 15.3. The number of carbonyl (C=O) groups is 1. The third kappa shape index (κ3) is 5.22. The smallest absolute Gasteiger partial charge is 0.373 e. The lowest BCUT2D eigenvalue weighted by Crippen LogP contribution is -2.17. The monoisotopic (exact) mass is 516 g/mol. The average molecular weight is 518 g/mol. The van der Waals surface area contributed by atoms with Gasteiger partial charge in [0.25, 0.3) is 5.91 Å². The van der Waals surface area contributed by atoms with E-state index in [0.717, 1.165) is 0 Å². The quantitative estimate of drug-likeness (QED) is 0.370. The van der Waals surface area contributed by atoms with Crippen LogP contribution < -0.4 is 10.6 Å². The fraction of sp³-hybridized carbons (Fsp3) is 0.158. The van der Waals surface area contributed by atoms with Gasteiger partial charge in [-0.25, -0.2) is 4.98 Å². The van der Waals surface area contributed by atoms with Crippen molar-refractivity contribution < 1.29 is 18.0 Å². The first kappa shape index (κ1) is 22.3. The van der Waals surface area contributed by atoms with Gasteiger partial charge in [-0.05, 0) is 52.2 Å². The van der Waals surface area contributed by atoms with E-state index in [0.29, 0.717) is 26.4 Å². The van der Waals surface area contributed by atoms with E-state index in [1.165, 1.54) is 23.7 Å². The van der Waals surface area contributed by atoms with E-state index in [4.69, 9.17) is 11.6 Å². The molecule has 5 nitrogen and oxygen atoms in total. The highest BCUT2D eigenvalue weighted by molar-refractivity contribution is 9.10. The second-order valence-electron chi connectivity index (χ2n) is 5.79. The minimum atomic E-state index is -4.48. The van der Waals surface area contributed by atoms with E-state index in [9.17, 15) is 18.0 Å². The van der Waals surface area contributed by atoms with Crippen LogP contribution in [0.2, 0.25) is 5.02 Å². The number of nitrogens with one attached hydrogen (secondary N) is 2. The molecular formula is C19H13BrClF3N4OS. The van der Waals surface area contributed by atoms with Crippen molar-refractivity contribution in [3.8, 4) is 11.8 Å². The molecular weight excluding hydrogens is 505 g/mol. The molecule has 0 bridgehead atoms. The fourth-order valence-corrected chi connectivity index (χ4v) is 3.85. The molecule has 0 fully saturated rings. The highest BCUT2D eigenvalue weighted by Crippen LogP contribution is 2.39. The Bertz CT molecular complexity index is 1170. The Kier molecular flexibility index (Phi) is 6.85. The van der Waals surface area contributed by atoms with E-state index in [2.05, 4.69) is 43.4 Å². The number of rotatable bonds is 4. The maximum absolute atomic E-state index is 13.0. The predicted molar refractivity (Wildman–Crippen MR) is 115 cm³/mol. The molecule has 0 radical (unpaired) electrons. The lowest BCUT2D eigenvalue weighted by molar-refractivity contribution is -0.0329. The zero-order valence-corrected chi connectivity index (χ0v) is 18.4. The molecule has 1 amide bonds. The van der Waals surface area contributed by atoms with Crippen LogP contribution in [0, 0.1) is 11.8 Å². The van der Waals surface area contributed by atoms with Gasteiger partial charge in [-0.3, -0.25) is 9.20 Å². The number of aromatic nitrogens is 2. The SMILES string of the molecule is CNC(=O)c1ccc(NCC#Cc2nc3c(Br)cccn3c2SC(F)(F)F)c(Cl)c1. The van der Waals surface area contributed by atoms with Gasteiger partial charge in [-0.2, -0.15) is 13.2 Å². The predicted octanol–water partition coefficient (Wildman–Crippen LogP) is 5.19. The number of hydrogen-bond donors (Lipinski definition) is 2. The van der Waals surface area contributed by atoms with Gasteiger partial charge in [0.1, 0.15) is 10.7 Å². The summed E-state index contributed by atoms with van der Waals surface area (Å²) in [4.78, 5) is 15.8. The van der Waals surface area contributed by atoms with Crippen molar-refractivity contribution in [2.24, 2.45) is 0 Å². The minimum Gasteiger partial charge on any atom is -0.373 e. The van der Waals surface area contributed by atoms with E-state index in [1.54, 1.807) is 24.3 Å². The van der Waals surface area contributed by atoms with Crippen molar-refractivity contribution in [3.05, 3.63) is 57.3 Å². The van der Waals surface area contributed by atoms with Crippen LogP contribution in [-0.2, 0) is 0 Å². The molecule has 0 saturated carbocycles. The van der Waals surface area contributed by atoms with Crippen LogP contribution in [0.5, 0.6) is 0 Å². The first-order valence-corrected chi connectivity index (χ1v) is 10.3. The van der Waals surface area contributed by atoms with Crippen molar-refractivity contribution in [3.63, 3.8) is 0 Å². The molecule has 0 spiro atoms. The molecule has 11 heteroatoms. The summed E-state index contributed by atoms with van der Waals surface area (Å²) in [5.41, 5.74) is -3.17. The Hall–Kier alpha value is -2.35. The number of carbonyl (C=O) groups excluding carboxylic acids is 1. The standard InChI is InChI=1S/C19H13BrClF3N4OS/c1-25-17(29)11-6-7-14(13(21)10-11)26-8-2-5-15-18(30-19(22,23)24)28-9-3-4-12(20)16(28)27-15/h3-4,6-7,9-10,26H,8H2,1H3,(H,25,29). The van der Waals surface area contributed by atoms with Gasteiger partial charge in [-0.15, -0.1) is 0 Å². The third-order valence-corrected chi connectivity index (χ3v) is 5.55. The maximum Gasteiger partial charge on any atom is 0.447 e. The molecule has 30 heavy (non-hydrogen) atoms. The van der Waals surface area contributed by atoms with Crippen LogP contribution >= 0.6 is 39.3 Å². The topological polar surface area (TPSA) is 58.4 Å². The van der Waals surface area contributed by atoms with Gasteiger partial charge < -0.3 is 10.6 Å². The number of imidazole rings is 1. The molecule has 0 unspecified atom stereocenters. The number of hydrogen-bond acceptors (Lipinski definition) is 4. The highest BCUT2D eigenvalue weighted by atomic mass is 79.9. The first-order chi connectivity index (χ1) is 14.2. The fourth-order valence-electron chi connectivity index (χ4n) is 2.51. The second-order valence-corrected chi connectivity index (χ2v) is 8.11. The minimum absolute atomic E-state index is 0.0205. The molecule has 0 aliphatic carbocycles. The summed E-state index contributed by atoms with van der Waals surface area (Å²) in [7, 11) is 1.52. The van der Waals surface area contributed by atoms with Crippen molar-refractivity contribution in [1.82, 2.24) is 14.7 Å². The molecule has 3 rings (SSSR count). The molecule has 2 heterocycles. The third-order valence-electron chi connectivity index (χ3n) is 3.80. The first-order valence-electron chi connectivity index (χ1n) is 8.36. The summed E-state index contributed by atoms with van der Waals surface area (Å²) in [5.74, 6) is 5.18. The number of alkyl halides is 3. The van der Waals surface area contributed by atoms with Crippen LogP contribution in [0.4, 0.5) is 18.9 Å². The summed E-state index contributed by atoms with van der Waals surface area (Å²) in [6.07, 6.45) is 1.50. The molecule has 3 aromatic rings. The van der Waals surface area contributed by atoms with Crippen molar-refractivity contribution >= 4 is 56.5 Å². The zero-order chi connectivity index (χ0) is 21.9. The van der Waals surface area contributed by atoms with E-state index in [-0.39, 0.29) is 34.9 Å². The van der Waals surface area contributed by atoms with Gasteiger partial charge in [0.15, 0.2) is 5.65 Å². The summed E-state index contributed by atoms with van der Waals surface area (Å²) < 4.78 is 40.9. The number of amides is 1. The average Bonchev–Trinajstić information content (AvgIpc) is 3.03. The highest BCUT2D eigenvalue weighted by Gasteiger charge is 2.33. The van der Waals surface area contributed by atoms with Crippen molar-refractivity contribution in [1.29, 1.82) is 0 Å². The van der Waals surface area contributed by atoms with E-state index >= 15 is 0 Å². The van der Waals surface area contributed by atoms with Crippen molar-refractivity contribution in [2.75, 3.05) is 18.9 Å². The Labute approximate surface area is 187 Å². The van der Waals surface area contributed by atoms with Crippen LogP contribution in [0.25, 0.3) is 5.65 Å². The van der Waals surface area contributed by atoms with E-state index in [1.807, 2.05) is 0 Å². The van der Waals surface area contributed by atoms with Gasteiger partial charge in [0.05, 0.1) is 21.7 Å². The molecule has 0 saturated heterocycles. The number of anilines is 1. The van der Waals surface area contributed by atoms with Crippen LogP contribution in [0.15, 0.2) is 46.0 Å². The lowest BCUT2D eigenvalue weighted by Gasteiger charge is -2.07. The van der Waals surface area contributed by atoms with Crippen LogP contribution in [0.3, 0.4) is 0 Å². The normalized spacial score (nSPS) is 11.1. The number of halogens is 5. The molecule has 2 aromatic heterocycles. The molecule has 0 atom stereocenters. The summed E-state index contributed by atoms with van der Waals surface area (Å²) in [6.45, 7) is 0.115. The largest absolute Gasteiger partial charge is 0.447 e. The van der Waals surface area contributed by atoms with Crippen molar-refractivity contribution in [2.45, 2.75) is 10.5 Å². The van der Waals surface area contributed by atoms with Crippen LogP contribution in [-0.4, -0.2) is 34.4 Å².